The summed E-state index contributed by atoms with van der Waals surface area (Å²) < 4.78 is 14.6. The van der Waals surface area contributed by atoms with Gasteiger partial charge >= 0.3 is 0 Å². The van der Waals surface area contributed by atoms with Gasteiger partial charge < -0.3 is 11.1 Å². The predicted molar refractivity (Wildman–Crippen MR) is 114 cm³/mol. The third-order valence-electron chi connectivity index (χ3n) is 4.92. The Labute approximate surface area is 171 Å². The van der Waals surface area contributed by atoms with Crippen molar-refractivity contribution in [2.45, 2.75) is 18.9 Å². The van der Waals surface area contributed by atoms with Gasteiger partial charge in [-0.1, -0.05) is 23.9 Å². The number of hydrogen-bond donors (Lipinski definition) is 3. The molecule has 1 amide bonds. The van der Waals surface area contributed by atoms with E-state index in [-0.39, 0.29) is 11.7 Å². The van der Waals surface area contributed by atoms with E-state index in [1.807, 2.05) is 19.1 Å². The fourth-order valence-corrected chi connectivity index (χ4v) is 4.32. The van der Waals surface area contributed by atoms with Crippen molar-refractivity contribution >= 4 is 28.5 Å². The van der Waals surface area contributed by atoms with Gasteiger partial charge in [0, 0.05) is 34.3 Å². The largest absolute Gasteiger partial charge is 0.379 e. The molecule has 2 aromatic carbocycles. The number of carbonyl (C=O) groups is 1. The molecule has 0 saturated carbocycles. The quantitative estimate of drug-likeness (QED) is 0.603. The van der Waals surface area contributed by atoms with Gasteiger partial charge in [0.25, 0.3) is 5.91 Å². The topological polar surface area (TPSA) is 96.2 Å². The Morgan fingerprint density at radius 1 is 1.28 bits per heavy atom. The first kappa shape index (κ1) is 19.2. The predicted octanol–water partition coefficient (Wildman–Crippen LogP) is 4.13. The Kier molecular flexibility index (Phi) is 5.10. The second kappa shape index (κ2) is 7.71. The number of aromatic amines is 1. The third-order valence-corrected chi connectivity index (χ3v) is 5.72. The number of H-pyrrole nitrogens is 1. The average Bonchev–Trinajstić information content (AvgIpc) is 3.24. The molecule has 0 spiro atoms. The van der Waals surface area contributed by atoms with Gasteiger partial charge in [-0.2, -0.15) is 5.10 Å². The average molecular weight is 409 g/mol. The number of aromatic nitrogens is 2. The lowest BCUT2D eigenvalue weighted by atomic mass is 9.89. The molecule has 2 heterocycles. The van der Waals surface area contributed by atoms with Gasteiger partial charge in [-0.05, 0) is 49.7 Å². The molecule has 1 aliphatic rings. The lowest BCUT2D eigenvalue weighted by Gasteiger charge is -2.30. The molecule has 1 unspecified atom stereocenters. The van der Waals surface area contributed by atoms with Crippen LogP contribution in [0.4, 0.5) is 10.1 Å². The molecular weight excluding hydrogens is 389 g/mol. The van der Waals surface area contributed by atoms with Gasteiger partial charge in [0.15, 0.2) is 5.17 Å². The molecule has 29 heavy (non-hydrogen) atoms. The number of thioether (sulfide) groups is 1. The molecule has 148 valence electrons. The summed E-state index contributed by atoms with van der Waals surface area (Å²) in [5.41, 5.74) is 8.10. The number of anilines is 1. The van der Waals surface area contributed by atoms with Gasteiger partial charge in [-0.25, -0.2) is 4.39 Å². The van der Waals surface area contributed by atoms with Crippen molar-refractivity contribution in [1.82, 2.24) is 10.2 Å². The van der Waals surface area contributed by atoms with Crippen LogP contribution in [0.15, 0.2) is 59.7 Å². The Hall–Kier alpha value is -3.13. The minimum atomic E-state index is -0.750. The fourth-order valence-electron chi connectivity index (χ4n) is 3.34. The summed E-state index contributed by atoms with van der Waals surface area (Å²) in [5, 5.41) is 10.2. The van der Waals surface area contributed by atoms with Crippen molar-refractivity contribution in [2.75, 3.05) is 11.1 Å². The monoisotopic (exact) mass is 409 g/mol. The van der Waals surface area contributed by atoms with Crippen LogP contribution in [0.1, 0.15) is 29.3 Å². The highest BCUT2D eigenvalue weighted by Crippen LogP contribution is 2.37. The highest BCUT2D eigenvalue weighted by atomic mass is 32.2. The minimum absolute atomic E-state index is 0.285. The molecular formula is C21H20FN5OS. The molecule has 6 nitrogen and oxygen atoms in total. The zero-order valence-electron chi connectivity index (χ0n) is 15.8. The van der Waals surface area contributed by atoms with Crippen LogP contribution in [0.3, 0.4) is 0 Å². The van der Waals surface area contributed by atoms with Crippen molar-refractivity contribution in [3.05, 3.63) is 71.7 Å². The summed E-state index contributed by atoms with van der Waals surface area (Å²) in [6, 6.07) is 13.5. The van der Waals surface area contributed by atoms with Gasteiger partial charge in [-0.3, -0.25) is 14.9 Å². The second-order valence-corrected chi connectivity index (χ2v) is 8.13. The highest BCUT2D eigenvalue weighted by Gasteiger charge is 2.32. The molecule has 4 rings (SSSR count). The minimum Gasteiger partial charge on any atom is -0.379 e. The van der Waals surface area contributed by atoms with E-state index in [1.54, 1.807) is 36.5 Å². The Balaban J connectivity index is 1.60. The van der Waals surface area contributed by atoms with Gasteiger partial charge in [0.05, 0.1) is 11.2 Å². The maximum absolute atomic E-state index is 14.6. The molecule has 1 aliphatic heterocycles. The number of aliphatic imine (C=N–C) groups is 1. The van der Waals surface area contributed by atoms with E-state index >= 15 is 0 Å². The lowest BCUT2D eigenvalue weighted by Crippen LogP contribution is -2.29. The first-order chi connectivity index (χ1) is 13.9. The van der Waals surface area contributed by atoms with Gasteiger partial charge in [0.2, 0.25) is 0 Å². The molecule has 1 aromatic heterocycles. The smallest absolute Gasteiger partial charge is 0.255 e. The van der Waals surface area contributed by atoms with Crippen molar-refractivity contribution < 1.29 is 9.18 Å². The van der Waals surface area contributed by atoms with Crippen molar-refractivity contribution in [3.8, 4) is 11.3 Å². The molecule has 1 atom stereocenters. The normalized spacial score (nSPS) is 18.9. The fraction of sp³-hybridized carbons (Fsp3) is 0.190. The molecule has 3 aromatic rings. The first-order valence-corrected chi connectivity index (χ1v) is 10.1. The van der Waals surface area contributed by atoms with Crippen LogP contribution in [0.2, 0.25) is 0 Å². The summed E-state index contributed by atoms with van der Waals surface area (Å²) in [4.78, 5) is 17.2. The Bertz CT molecular complexity index is 1080. The number of nitrogens with one attached hydrogen (secondary N) is 2. The SMILES string of the molecule is CC1(c2cc(NC(=O)c3cccc(-c4cc[nH]n4)c3)ccc2F)CCSC(N)=N1. The van der Waals surface area contributed by atoms with E-state index in [2.05, 4.69) is 20.5 Å². The number of halogens is 1. The van der Waals surface area contributed by atoms with E-state index in [0.29, 0.717) is 28.4 Å². The summed E-state index contributed by atoms with van der Waals surface area (Å²) in [6.07, 6.45) is 2.39. The number of benzene rings is 2. The Morgan fingerprint density at radius 2 is 2.14 bits per heavy atom. The molecule has 0 aliphatic carbocycles. The summed E-state index contributed by atoms with van der Waals surface area (Å²) in [7, 11) is 0. The van der Waals surface area contributed by atoms with E-state index in [1.165, 1.54) is 17.8 Å². The third kappa shape index (κ3) is 4.02. The first-order valence-electron chi connectivity index (χ1n) is 9.14. The van der Waals surface area contributed by atoms with Crippen LogP contribution < -0.4 is 11.1 Å². The van der Waals surface area contributed by atoms with Crippen molar-refractivity contribution in [3.63, 3.8) is 0 Å². The van der Waals surface area contributed by atoms with Gasteiger partial charge in [0.1, 0.15) is 5.82 Å². The van der Waals surface area contributed by atoms with E-state index < -0.39 is 5.54 Å². The molecule has 0 fully saturated rings. The number of amides is 1. The summed E-state index contributed by atoms with van der Waals surface area (Å²) in [6.45, 7) is 1.86. The molecule has 0 bridgehead atoms. The zero-order valence-corrected chi connectivity index (χ0v) is 16.6. The van der Waals surface area contributed by atoms with Crippen LogP contribution >= 0.6 is 11.8 Å². The van der Waals surface area contributed by atoms with E-state index in [0.717, 1.165) is 17.0 Å². The number of nitrogens with two attached hydrogens (primary N) is 1. The molecule has 8 heteroatoms. The number of amidine groups is 1. The van der Waals surface area contributed by atoms with Crippen LogP contribution in [-0.2, 0) is 5.54 Å². The van der Waals surface area contributed by atoms with Crippen LogP contribution in [0, 0.1) is 5.82 Å². The highest BCUT2D eigenvalue weighted by molar-refractivity contribution is 8.13. The van der Waals surface area contributed by atoms with E-state index in [9.17, 15) is 9.18 Å². The standard InChI is InChI=1S/C21H20FN5OS/c1-21(8-10-29-20(23)26-21)16-12-15(5-6-17(16)22)25-19(28)14-4-2-3-13(11-14)18-7-9-24-27-18/h2-7,9,11-12H,8,10H2,1H3,(H2,23,26)(H,24,27)(H,25,28). The molecule has 4 N–H and O–H groups in total. The molecule has 0 saturated heterocycles. The summed E-state index contributed by atoms with van der Waals surface area (Å²) in [5.74, 6) is 0.115. The molecule has 0 radical (unpaired) electrons. The van der Waals surface area contributed by atoms with Crippen molar-refractivity contribution in [1.29, 1.82) is 0 Å². The lowest BCUT2D eigenvalue weighted by molar-refractivity contribution is 0.102. The van der Waals surface area contributed by atoms with Crippen molar-refractivity contribution in [2.24, 2.45) is 10.7 Å². The van der Waals surface area contributed by atoms with Gasteiger partial charge in [-0.15, -0.1) is 0 Å². The van der Waals surface area contributed by atoms with Crippen LogP contribution in [0.5, 0.6) is 0 Å². The Morgan fingerprint density at radius 3 is 2.90 bits per heavy atom. The maximum atomic E-state index is 14.6. The number of rotatable bonds is 4. The second-order valence-electron chi connectivity index (χ2n) is 7.01. The van der Waals surface area contributed by atoms with Crippen LogP contribution in [0.25, 0.3) is 11.3 Å². The number of hydrogen-bond acceptors (Lipinski definition) is 5. The zero-order chi connectivity index (χ0) is 20.4. The number of nitrogens with zero attached hydrogens (tertiary/aromatic N) is 2. The number of carbonyl (C=O) groups excluding carboxylic acids is 1. The summed E-state index contributed by atoms with van der Waals surface area (Å²) >= 11 is 1.46. The van der Waals surface area contributed by atoms with Crippen LogP contribution in [-0.4, -0.2) is 27.0 Å². The maximum Gasteiger partial charge on any atom is 0.255 e. The van der Waals surface area contributed by atoms with E-state index in [4.69, 9.17) is 5.73 Å².